The van der Waals surface area contributed by atoms with E-state index in [4.69, 9.17) is 0 Å². The molecule has 0 aliphatic carbocycles. The van der Waals surface area contributed by atoms with E-state index in [-0.39, 0.29) is 0 Å². The zero-order valence-corrected chi connectivity index (χ0v) is 7.31. The van der Waals surface area contributed by atoms with Crippen LogP contribution in [0.3, 0.4) is 0 Å². The van der Waals surface area contributed by atoms with Crippen molar-refractivity contribution >= 4 is 0 Å². The van der Waals surface area contributed by atoms with Crippen LogP contribution < -0.4 is 0 Å². The molecule has 0 atom stereocenters. The summed E-state index contributed by atoms with van der Waals surface area (Å²) in [5.41, 5.74) is 3.80. The monoisotopic (exact) mass is 145 g/mol. The van der Waals surface area contributed by atoms with Crippen molar-refractivity contribution in [3.8, 4) is 0 Å². The molecule has 0 saturated carbocycles. The van der Waals surface area contributed by atoms with Gasteiger partial charge in [0.1, 0.15) is 0 Å². The maximum atomic E-state index is 3.18. The second-order valence-corrected chi connectivity index (χ2v) is 2.75. The third kappa shape index (κ3) is 1.94. The predicted molar refractivity (Wildman–Crippen MR) is 48.5 cm³/mol. The van der Waals surface area contributed by atoms with Crippen molar-refractivity contribution < 1.29 is 0 Å². The van der Waals surface area contributed by atoms with Crippen LogP contribution >= 0.6 is 0 Å². The van der Waals surface area contributed by atoms with E-state index in [1.165, 1.54) is 16.7 Å². The molecule has 0 nitrogen and oxygen atoms in total. The van der Waals surface area contributed by atoms with Gasteiger partial charge in [-0.05, 0) is 38.0 Å². The number of aryl methyl sites for hydroxylation is 2. The van der Waals surface area contributed by atoms with Crippen LogP contribution in [0, 0.1) is 19.9 Å². The third-order valence-electron chi connectivity index (χ3n) is 1.68. The Morgan fingerprint density at radius 3 is 2.55 bits per heavy atom. The van der Waals surface area contributed by atoms with Gasteiger partial charge in [0.15, 0.2) is 0 Å². The molecule has 0 aliphatic rings. The fourth-order valence-electron chi connectivity index (χ4n) is 1.13. The molecule has 0 amide bonds. The Morgan fingerprint density at radius 1 is 1.27 bits per heavy atom. The van der Waals surface area contributed by atoms with Gasteiger partial charge in [-0.3, -0.25) is 0 Å². The molecule has 0 aliphatic heterocycles. The van der Waals surface area contributed by atoms with Crippen LogP contribution in [0.1, 0.15) is 23.6 Å². The van der Waals surface area contributed by atoms with Crippen molar-refractivity contribution in [2.75, 3.05) is 0 Å². The SMILES string of the molecule is C/C=[C]/c1ccc(C)cc1C. The summed E-state index contributed by atoms with van der Waals surface area (Å²) in [4.78, 5) is 0. The fraction of sp³-hybridized carbons (Fsp3) is 0.273. The Morgan fingerprint density at radius 2 is 2.00 bits per heavy atom. The van der Waals surface area contributed by atoms with Crippen molar-refractivity contribution in [1.82, 2.24) is 0 Å². The lowest BCUT2D eigenvalue weighted by atomic mass is 10.1. The zero-order valence-electron chi connectivity index (χ0n) is 7.31. The summed E-state index contributed by atoms with van der Waals surface area (Å²) in [6.45, 7) is 6.20. The number of hydrogen-bond donors (Lipinski definition) is 0. The summed E-state index contributed by atoms with van der Waals surface area (Å²) >= 11 is 0. The number of benzene rings is 1. The molecule has 0 fully saturated rings. The van der Waals surface area contributed by atoms with Gasteiger partial charge in [0.2, 0.25) is 0 Å². The highest BCUT2D eigenvalue weighted by Gasteiger charge is 1.92. The van der Waals surface area contributed by atoms with Crippen LogP contribution in [-0.2, 0) is 0 Å². The molecule has 0 heteroatoms. The molecule has 0 saturated heterocycles. The molecular weight excluding hydrogens is 132 g/mol. The first-order valence-electron chi connectivity index (χ1n) is 3.85. The highest BCUT2D eigenvalue weighted by molar-refractivity contribution is 5.34. The number of allylic oxidation sites excluding steroid dienone is 1. The zero-order chi connectivity index (χ0) is 8.27. The minimum atomic E-state index is 1.19. The maximum Gasteiger partial charge on any atom is -0.0149 e. The first-order valence-corrected chi connectivity index (χ1v) is 3.85. The topological polar surface area (TPSA) is 0 Å². The molecule has 0 unspecified atom stereocenters. The Labute approximate surface area is 68.6 Å². The molecule has 1 radical (unpaired) electrons. The Kier molecular flexibility index (Phi) is 2.48. The summed E-state index contributed by atoms with van der Waals surface area (Å²) in [6.07, 6.45) is 5.12. The lowest BCUT2D eigenvalue weighted by Gasteiger charge is -1.99. The minimum Gasteiger partial charge on any atom is -0.0792 e. The largest absolute Gasteiger partial charge is 0.0792 e. The summed E-state index contributed by atoms with van der Waals surface area (Å²) in [5, 5.41) is 0. The lowest BCUT2D eigenvalue weighted by Crippen LogP contribution is -1.82. The molecule has 57 valence electrons. The van der Waals surface area contributed by atoms with E-state index < -0.39 is 0 Å². The standard InChI is InChI=1S/C11H13/c1-4-5-11-7-6-9(2)8-10(11)3/h4,6-8H,1-3H3. The Bertz CT molecular complexity index is 269. The van der Waals surface area contributed by atoms with Gasteiger partial charge in [-0.15, -0.1) is 0 Å². The van der Waals surface area contributed by atoms with Gasteiger partial charge in [0.05, 0.1) is 0 Å². The van der Waals surface area contributed by atoms with Crippen molar-refractivity contribution in [1.29, 1.82) is 0 Å². The molecular formula is C11H13. The van der Waals surface area contributed by atoms with Crippen LogP contribution in [-0.4, -0.2) is 0 Å². The maximum absolute atomic E-state index is 3.18. The van der Waals surface area contributed by atoms with E-state index in [0.717, 1.165) is 0 Å². The second-order valence-electron chi connectivity index (χ2n) is 2.75. The average Bonchev–Trinajstić information content (AvgIpc) is 1.95. The first-order chi connectivity index (χ1) is 5.24. The summed E-state index contributed by atoms with van der Waals surface area (Å²) in [5.74, 6) is 0. The van der Waals surface area contributed by atoms with Crippen molar-refractivity contribution in [2.45, 2.75) is 20.8 Å². The van der Waals surface area contributed by atoms with Crippen LogP contribution in [0.15, 0.2) is 24.3 Å². The highest BCUT2D eigenvalue weighted by Crippen LogP contribution is 2.09. The molecule has 1 aromatic rings. The van der Waals surface area contributed by atoms with Gasteiger partial charge in [-0.25, -0.2) is 0 Å². The normalized spacial score (nSPS) is 10.8. The number of hydrogen-bond acceptors (Lipinski definition) is 0. The van der Waals surface area contributed by atoms with Gasteiger partial charge in [0, 0.05) is 0 Å². The molecule has 0 N–H and O–H groups in total. The molecule has 11 heavy (non-hydrogen) atoms. The van der Waals surface area contributed by atoms with Crippen LogP contribution in [0.4, 0.5) is 0 Å². The Hall–Kier alpha value is -1.04. The van der Waals surface area contributed by atoms with Gasteiger partial charge in [0.25, 0.3) is 0 Å². The highest BCUT2D eigenvalue weighted by atomic mass is 14.0. The molecule has 0 aromatic heterocycles. The quantitative estimate of drug-likeness (QED) is 0.569. The minimum absolute atomic E-state index is 1.19. The van der Waals surface area contributed by atoms with Crippen molar-refractivity contribution in [3.63, 3.8) is 0 Å². The van der Waals surface area contributed by atoms with Gasteiger partial charge in [-0.2, -0.15) is 0 Å². The molecule has 0 heterocycles. The van der Waals surface area contributed by atoms with E-state index in [0.29, 0.717) is 0 Å². The average molecular weight is 145 g/mol. The summed E-state index contributed by atoms with van der Waals surface area (Å²) < 4.78 is 0. The van der Waals surface area contributed by atoms with Crippen LogP contribution in [0.5, 0.6) is 0 Å². The van der Waals surface area contributed by atoms with Gasteiger partial charge >= 0.3 is 0 Å². The molecule has 0 bridgehead atoms. The number of rotatable bonds is 1. The van der Waals surface area contributed by atoms with E-state index in [9.17, 15) is 0 Å². The lowest BCUT2D eigenvalue weighted by molar-refractivity contribution is 1.33. The van der Waals surface area contributed by atoms with Crippen LogP contribution in [0.2, 0.25) is 0 Å². The molecule has 1 aromatic carbocycles. The fourth-order valence-corrected chi connectivity index (χ4v) is 1.13. The Balaban J connectivity index is 3.09. The van der Waals surface area contributed by atoms with Gasteiger partial charge < -0.3 is 0 Å². The second kappa shape index (κ2) is 3.38. The van der Waals surface area contributed by atoms with E-state index in [2.05, 4.69) is 38.1 Å². The van der Waals surface area contributed by atoms with Crippen LogP contribution in [0.25, 0.3) is 0 Å². The van der Waals surface area contributed by atoms with E-state index in [1.807, 2.05) is 13.0 Å². The molecule has 0 spiro atoms. The van der Waals surface area contributed by atoms with Crippen molar-refractivity contribution in [3.05, 3.63) is 47.0 Å². The first kappa shape index (κ1) is 8.06. The smallest absolute Gasteiger partial charge is 0.0149 e. The van der Waals surface area contributed by atoms with Crippen molar-refractivity contribution in [2.24, 2.45) is 0 Å². The van der Waals surface area contributed by atoms with E-state index in [1.54, 1.807) is 0 Å². The summed E-state index contributed by atoms with van der Waals surface area (Å²) in [7, 11) is 0. The third-order valence-corrected chi connectivity index (χ3v) is 1.68. The summed E-state index contributed by atoms with van der Waals surface area (Å²) in [6, 6.07) is 6.38. The molecule has 1 rings (SSSR count). The predicted octanol–water partition coefficient (Wildman–Crippen LogP) is 3.03. The van der Waals surface area contributed by atoms with Gasteiger partial charge in [-0.1, -0.05) is 29.8 Å². The van der Waals surface area contributed by atoms with E-state index >= 15 is 0 Å².